The quantitative estimate of drug-likeness (QED) is 0.404. The van der Waals surface area contributed by atoms with Crippen molar-refractivity contribution in [2.75, 3.05) is 27.2 Å². The largest absolute Gasteiger partial charge is 0.494 e. The second-order valence-electron chi connectivity index (χ2n) is 7.41. The van der Waals surface area contributed by atoms with Crippen molar-refractivity contribution in [3.05, 3.63) is 48.4 Å². The molecular weight excluding hydrogens is 380 g/mol. The molecule has 4 aromatic rings. The molecule has 0 bridgehead atoms. The molecule has 0 spiro atoms. The van der Waals surface area contributed by atoms with Gasteiger partial charge in [0.1, 0.15) is 11.4 Å². The minimum Gasteiger partial charge on any atom is -0.494 e. The van der Waals surface area contributed by atoms with Crippen LogP contribution in [-0.4, -0.2) is 67.5 Å². The van der Waals surface area contributed by atoms with Gasteiger partial charge < -0.3 is 9.64 Å². The van der Waals surface area contributed by atoms with E-state index in [4.69, 9.17) is 9.84 Å². The second kappa shape index (κ2) is 9.45. The molecule has 0 saturated carbocycles. The van der Waals surface area contributed by atoms with Crippen molar-refractivity contribution in [3.63, 3.8) is 0 Å². The van der Waals surface area contributed by atoms with Crippen molar-refractivity contribution in [3.8, 4) is 17.0 Å². The molecule has 156 valence electrons. The fourth-order valence-electron chi connectivity index (χ4n) is 3.33. The molecule has 9 heteroatoms. The third-order valence-electron chi connectivity index (χ3n) is 4.81. The van der Waals surface area contributed by atoms with Crippen molar-refractivity contribution in [2.45, 2.75) is 25.8 Å². The standard InChI is InChI=1S/C21H26N8O/c1-28(2)13-5-15-30-17-10-8-16(9-11-17)20-18-6-3-12-22-21(18)29(25-20)14-4-7-19-23-26-27-24-19/h3,6,8-12H,4-5,7,13-15H2,1-2H3,(H,23,24,26,27). The van der Waals surface area contributed by atoms with Crippen LogP contribution in [0.1, 0.15) is 18.7 Å². The highest BCUT2D eigenvalue weighted by Gasteiger charge is 2.13. The van der Waals surface area contributed by atoms with Gasteiger partial charge in [-0.3, -0.25) is 0 Å². The number of H-pyrrole nitrogens is 1. The lowest BCUT2D eigenvalue weighted by atomic mass is 10.1. The minimum atomic E-state index is 0.708. The maximum Gasteiger partial charge on any atom is 0.174 e. The molecule has 0 fully saturated rings. The van der Waals surface area contributed by atoms with Gasteiger partial charge in [0.2, 0.25) is 0 Å². The molecule has 0 unspecified atom stereocenters. The number of aromatic amines is 1. The molecule has 0 amide bonds. The first-order chi connectivity index (χ1) is 14.7. The average molecular weight is 406 g/mol. The molecule has 0 aliphatic heterocycles. The van der Waals surface area contributed by atoms with Crippen LogP contribution in [0.15, 0.2) is 42.6 Å². The average Bonchev–Trinajstić information content (AvgIpc) is 3.40. The van der Waals surface area contributed by atoms with E-state index >= 15 is 0 Å². The van der Waals surface area contributed by atoms with Gasteiger partial charge in [-0.25, -0.2) is 9.67 Å². The molecule has 3 heterocycles. The number of aryl methyl sites for hydroxylation is 2. The summed E-state index contributed by atoms with van der Waals surface area (Å²) in [6.07, 6.45) is 4.39. The van der Waals surface area contributed by atoms with Crippen LogP contribution in [0, 0.1) is 0 Å². The van der Waals surface area contributed by atoms with Gasteiger partial charge in [-0.05, 0) is 63.3 Å². The highest BCUT2D eigenvalue weighted by atomic mass is 16.5. The van der Waals surface area contributed by atoms with E-state index in [1.54, 1.807) is 6.20 Å². The monoisotopic (exact) mass is 406 g/mol. The number of hydrogen-bond donors (Lipinski definition) is 1. The van der Waals surface area contributed by atoms with Gasteiger partial charge in [-0.2, -0.15) is 10.3 Å². The molecule has 30 heavy (non-hydrogen) atoms. The normalized spacial score (nSPS) is 11.4. The number of benzene rings is 1. The second-order valence-corrected chi connectivity index (χ2v) is 7.41. The Hall–Kier alpha value is -3.33. The third-order valence-corrected chi connectivity index (χ3v) is 4.81. The summed E-state index contributed by atoms with van der Waals surface area (Å²) in [6, 6.07) is 12.1. The van der Waals surface area contributed by atoms with Crippen molar-refractivity contribution >= 4 is 11.0 Å². The Morgan fingerprint density at radius 3 is 2.73 bits per heavy atom. The van der Waals surface area contributed by atoms with E-state index in [0.717, 1.165) is 60.4 Å². The number of nitrogens with one attached hydrogen (secondary N) is 1. The molecule has 4 rings (SSSR count). The third kappa shape index (κ3) is 4.80. The predicted octanol–water partition coefficient (Wildman–Crippen LogP) is 2.57. The van der Waals surface area contributed by atoms with E-state index in [9.17, 15) is 0 Å². The summed E-state index contributed by atoms with van der Waals surface area (Å²) in [5, 5.41) is 20.0. The van der Waals surface area contributed by atoms with Gasteiger partial charge in [-0.15, -0.1) is 10.2 Å². The fourth-order valence-corrected chi connectivity index (χ4v) is 3.33. The van der Waals surface area contributed by atoms with Gasteiger partial charge >= 0.3 is 0 Å². The first kappa shape index (κ1) is 20.0. The van der Waals surface area contributed by atoms with Gasteiger partial charge in [0.15, 0.2) is 11.5 Å². The molecule has 0 aliphatic carbocycles. The zero-order valence-electron chi connectivity index (χ0n) is 17.3. The van der Waals surface area contributed by atoms with Crippen LogP contribution in [0.5, 0.6) is 5.75 Å². The maximum atomic E-state index is 5.84. The summed E-state index contributed by atoms with van der Waals surface area (Å²) in [4.78, 5) is 6.70. The highest BCUT2D eigenvalue weighted by Crippen LogP contribution is 2.28. The van der Waals surface area contributed by atoms with Gasteiger partial charge in [0.25, 0.3) is 0 Å². The molecule has 0 atom stereocenters. The summed E-state index contributed by atoms with van der Waals surface area (Å²) in [6.45, 7) is 2.45. The Balaban J connectivity index is 1.46. The SMILES string of the molecule is CN(C)CCCOc1ccc(-c2nn(CCCc3nn[nH]n3)c3ncccc23)cc1. The van der Waals surface area contributed by atoms with E-state index in [-0.39, 0.29) is 0 Å². The van der Waals surface area contributed by atoms with Crippen LogP contribution in [0.2, 0.25) is 0 Å². The zero-order valence-corrected chi connectivity index (χ0v) is 17.3. The lowest BCUT2D eigenvalue weighted by Crippen LogP contribution is -2.15. The summed E-state index contributed by atoms with van der Waals surface area (Å²) in [7, 11) is 4.14. The van der Waals surface area contributed by atoms with Gasteiger partial charge in [0.05, 0.1) is 6.61 Å². The lowest BCUT2D eigenvalue weighted by molar-refractivity contribution is 0.281. The molecule has 0 radical (unpaired) electrons. The Morgan fingerprint density at radius 2 is 1.97 bits per heavy atom. The van der Waals surface area contributed by atoms with Crippen LogP contribution < -0.4 is 4.74 Å². The number of rotatable bonds is 10. The number of nitrogens with zero attached hydrogens (tertiary/aromatic N) is 7. The van der Waals surface area contributed by atoms with Gasteiger partial charge in [-0.1, -0.05) is 5.21 Å². The van der Waals surface area contributed by atoms with Crippen LogP contribution in [0.4, 0.5) is 0 Å². The Bertz CT molecular complexity index is 1060. The predicted molar refractivity (Wildman–Crippen MR) is 114 cm³/mol. The molecule has 9 nitrogen and oxygen atoms in total. The van der Waals surface area contributed by atoms with E-state index in [2.05, 4.69) is 62.8 Å². The zero-order chi connectivity index (χ0) is 20.8. The van der Waals surface area contributed by atoms with Crippen LogP contribution >= 0.6 is 0 Å². The van der Waals surface area contributed by atoms with Crippen LogP contribution in [0.3, 0.4) is 0 Å². The number of pyridine rings is 1. The lowest BCUT2D eigenvalue weighted by Gasteiger charge is -2.10. The van der Waals surface area contributed by atoms with E-state index in [1.165, 1.54) is 0 Å². The number of aromatic nitrogens is 7. The molecule has 0 saturated heterocycles. The summed E-state index contributed by atoms with van der Waals surface area (Å²) >= 11 is 0. The molecule has 3 aromatic heterocycles. The van der Waals surface area contributed by atoms with Crippen molar-refractivity contribution in [2.24, 2.45) is 0 Å². The van der Waals surface area contributed by atoms with E-state index in [1.807, 2.05) is 22.9 Å². The highest BCUT2D eigenvalue weighted by molar-refractivity contribution is 5.91. The molecule has 1 aromatic carbocycles. The summed E-state index contributed by atoms with van der Waals surface area (Å²) in [5.41, 5.74) is 2.85. The van der Waals surface area contributed by atoms with Gasteiger partial charge in [0, 0.05) is 36.7 Å². The van der Waals surface area contributed by atoms with E-state index in [0.29, 0.717) is 12.4 Å². The molecule has 0 aliphatic rings. The van der Waals surface area contributed by atoms with Crippen LogP contribution in [0.25, 0.3) is 22.3 Å². The number of tetrazole rings is 1. The Labute approximate surface area is 175 Å². The summed E-state index contributed by atoms with van der Waals surface area (Å²) < 4.78 is 7.80. The topological polar surface area (TPSA) is 97.6 Å². The number of hydrogen-bond acceptors (Lipinski definition) is 7. The number of fused-ring (bicyclic) bond motifs is 1. The fraction of sp³-hybridized carbons (Fsp3) is 0.381. The maximum absolute atomic E-state index is 5.84. The number of ether oxygens (including phenoxy) is 1. The minimum absolute atomic E-state index is 0.708. The first-order valence-electron chi connectivity index (χ1n) is 10.1. The van der Waals surface area contributed by atoms with Crippen molar-refractivity contribution < 1.29 is 4.74 Å². The van der Waals surface area contributed by atoms with Crippen molar-refractivity contribution in [1.82, 2.24) is 40.3 Å². The Morgan fingerprint density at radius 1 is 1.10 bits per heavy atom. The molecule has 1 N–H and O–H groups in total. The molecular formula is C21H26N8O. The summed E-state index contributed by atoms with van der Waals surface area (Å²) in [5.74, 6) is 1.58. The smallest absolute Gasteiger partial charge is 0.174 e. The van der Waals surface area contributed by atoms with Crippen LogP contribution in [-0.2, 0) is 13.0 Å². The van der Waals surface area contributed by atoms with Crippen molar-refractivity contribution in [1.29, 1.82) is 0 Å². The van der Waals surface area contributed by atoms with E-state index < -0.39 is 0 Å². The Kier molecular flexibility index (Phi) is 6.29. The first-order valence-corrected chi connectivity index (χ1v) is 10.1.